The number of aliphatic hydroxyl groups is 1. The van der Waals surface area contributed by atoms with Crippen molar-refractivity contribution < 1.29 is 5.11 Å². The van der Waals surface area contributed by atoms with Crippen LogP contribution in [0.3, 0.4) is 0 Å². The number of hydrogen-bond donors (Lipinski definition) is 2. The van der Waals surface area contributed by atoms with E-state index >= 15 is 0 Å². The number of hydrogen-bond acceptors (Lipinski definition) is 3. The molecule has 2 rings (SSSR count). The molecule has 0 saturated carbocycles. The van der Waals surface area contributed by atoms with Gasteiger partial charge in [0, 0.05) is 31.0 Å². The summed E-state index contributed by atoms with van der Waals surface area (Å²) in [4.78, 5) is 4.08. The van der Waals surface area contributed by atoms with Crippen molar-refractivity contribution in [3.8, 4) is 0 Å². The average Bonchev–Trinajstić information content (AvgIpc) is 2.50. The van der Waals surface area contributed by atoms with Gasteiger partial charge in [0.05, 0.1) is 0 Å². The van der Waals surface area contributed by atoms with Gasteiger partial charge < -0.3 is 10.4 Å². The highest BCUT2D eigenvalue weighted by Crippen LogP contribution is 2.20. The zero-order valence-corrected chi connectivity index (χ0v) is 12.1. The molecule has 0 saturated heterocycles. The first-order valence-corrected chi connectivity index (χ1v) is 7.17. The zero-order valence-electron chi connectivity index (χ0n) is 11.3. The quantitative estimate of drug-likeness (QED) is 0.769. The largest absolute Gasteiger partial charge is 0.396 e. The first kappa shape index (κ1) is 15.0. The second-order valence-corrected chi connectivity index (χ2v) is 5.02. The molecular formula is C16H19ClN2O. The Balaban J connectivity index is 2.03. The van der Waals surface area contributed by atoms with Gasteiger partial charge in [0.2, 0.25) is 0 Å². The molecule has 1 unspecified atom stereocenters. The van der Waals surface area contributed by atoms with Crippen molar-refractivity contribution in [1.29, 1.82) is 0 Å². The van der Waals surface area contributed by atoms with Gasteiger partial charge in [-0.2, -0.15) is 0 Å². The molecule has 0 fully saturated rings. The molecule has 4 heteroatoms. The van der Waals surface area contributed by atoms with Gasteiger partial charge in [-0.1, -0.05) is 48.0 Å². The van der Waals surface area contributed by atoms with Crippen LogP contribution in [0.5, 0.6) is 0 Å². The second-order valence-electron chi connectivity index (χ2n) is 4.66. The Morgan fingerprint density at radius 2 is 1.95 bits per heavy atom. The van der Waals surface area contributed by atoms with Gasteiger partial charge in [0.25, 0.3) is 0 Å². The minimum absolute atomic E-state index is 0.207. The van der Waals surface area contributed by atoms with Crippen LogP contribution < -0.4 is 5.32 Å². The summed E-state index contributed by atoms with van der Waals surface area (Å²) < 4.78 is 0. The standard InChI is InChI=1S/C16H19ClN2O/c17-16-14(8-4-10-18-16)12-19-15(9-5-11-20)13-6-2-1-3-7-13/h1-4,6-8,10,15,19-20H,5,9,11-12H2. The Kier molecular flexibility index (Phi) is 5.99. The van der Waals surface area contributed by atoms with Crippen molar-refractivity contribution in [1.82, 2.24) is 10.3 Å². The Bertz CT molecular complexity index is 519. The fourth-order valence-electron chi connectivity index (χ4n) is 2.15. The van der Waals surface area contributed by atoms with Crippen molar-refractivity contribution in [2.24, 2.45) is 0 Å². The number of halogens is 1. The number of pyridine rings is 1. The normalized spacial score (nSPS) is 12.3. The van der Waals surface area contributed by atoms with E-state index in [1.807, 2.05) is 30.3 Å². The molecule has 20 heavy (non-hydrogen) atoms. The maximum absolute atomic E-state index is 9.03. The van der Waals surface area contributed by atoms with E-state index < -0.39 is 0 Å². The van der Waals surface area contributed by atoms with Crippen molar-refractivity contribution in [2.45, 2.75) is 25.4 Å². The van der Waals surface area contributed by atoms with Gasteiger partial charge in [-0.05, 0) is 24.5 Å². The highest BCUT2D eigenvalue weighted by atomic mass is 35.5. The summed E-state index contributed by atoms with van der Waals surface area (Å²) in [5, 5.41) is 13.1. The first-order valence-electron chi connectivity index (χ1n) is 6.80. The maximum atomic E-state index is 9.03. The SMILES string of the molecule is OCCCC(NCc1cccnc1Cl)c1ccccc1. The lowest BCUT2D eigenvalue weighted by Crippen LogP contribution is -2.21. The maximum Gasteiger partial charge on any atom is 0.133 e. The van der Waals surface area contributed by atoms with E-state index in [0.29, 0.717) is 11.7 Å². The molecular weight excluding hydrogens is 272 g/mol. The van der Waals surface area contributed by atoms with E-state index in [-0.39, 0.29) is 12.6 Å². The molecule has 1 aromatic carbocycles. The summed E-state index contributed by atoms with van der Waals surface area (Å²) >= 11 is 6.07. The summed E-state index contributed by atoms with van der Waals surface area (Å²) in [5.74, 6) is 0. The van der Waals surface area contributed by atoms with Gasteiger partial charge in [-0.15, -0.1) is 0 Å². The van der Waals surface area contributed by atoms with E-state index in [0.717, 1.165) is 18.4 Å². The monoisotopic (exact) mass is 290 g/mol. The van der Waals surface area contributed by atoms with Crippen molar-refractivity contribution in [3.05, 3.63) is 64.9 Å². The van der Waals surface area contributed by atoms with Crippen molar-refractivity contribution in [3.63, 3.8) is 0 Å². The third-order valence-corrected chi connectivity index (χ3v) is 3.57. The fraction of sp³-hybridized carbons (Fsp3) is 0.312. The minimum Gasteiger partial charge on any atom is -0.396 e. The third kappa shape index (κ3) is 4.30. The van der Waals surface area contributed by atoms with E-state index in [4.69, 9.17) is 16.7 Å². The van der Waals surface area contributed by atoms with Gasteiger partial charge in [-0.25, -0.2) is 4.98 Å². The molecule has 3 nitrogen and oxygen atoms in total. The summed E-state index contributed by atoms with van der Waals surface area (Å²) in [7, 11) is 0. The van der Waals surface area contributed by atoms with Crippen LogP contribution in [0.4, 0.5) is 0 Å². The number of rotatable bonds is 7. The van der Waals surface area contributed by atoms with E-state index in [1.165, 1.54) is 5.56 Å². The van der Waals surface area contributed by atoms with Crippen molar-refractivity contribution >= 4 is 11.6 Å². The van der Waals surface area contributed by atoms with Crippen LogP contribution in [0.1, 0.15) is 30.0 Å². The fourth-order valence-corrected chi connectivity index (χ4v) is 2.34. The number of aromatic nitrogens is 1. The van der Waals surface area contributed by atoms with Gasteiger partial charge >= 0.3 is 0 Å². The van der Waals surface area contributed by atoms with Crippen LogP contribution in [0.25, 0.3) is 0 Å². The highest BCUT2D eigenvalue weighted by molar-refractivity contribution is 6.30. The van der Waals surface area contributed by atoms with E-state index in [1.54, 1.807) is 6.20 Å². The molecule has 0 aliphatic carbocycles. The predicted octanol–water partition coefficient (Wildman–Crippen LogP) is 3.34. The van der Waals surface area contributed by atoms with Crippen molar-refractivity contribution in [2.75, 3.05) is 6.61 Å². The zero-order chi connectivity index (χ0) is 14.2. The number of aliphatic hydroxyl groups excluding tert-OH is 1. The predicted molar refractivity (Wildman–Crippen MR) is 81.6 cm³/mol. The third-order valence-electron chi connectivity index (χ3n) is 3.23. The number of benzene rings is 1. The Morgan fingerprint density at radius 1 is 1.15 bits per heavy atom. The van der Waals surface area contributed by atoms with Gasteiger partial charge in [-0.3, -0.25) is 0 Å². The average molecular weight is 291 g/mol. The summed E-state index contributed by atoms with van der Waals surface area (Å²) in [6.45, 7) is 0.871. The number of nitrogens with zero attached hydrogens (tertiary/aromatic N) is 1. The van der Waals surface area contributed by atoms with Crippen LogP contribution >= 0.6 is 11.6 Å². The molecule has 106 valence electrons. The number of nitrogens with one attached hydrogen (secondary N) is 1. The van der Waals surface area contributed by atoms with Gasteiger partial charge in [0.1, 0.15) is 5.15 Å². The highest BCUT2D eigenvalue weighted by Gasteiger charge is 2.11. The lowest BCUT2D eigenvalue weighted by atomic mass is 10.0. The van der Waals surface area contributed by atoms with Gasteiger partial charge in [0.15, 0.2) is 0 Å². The molecule has 0 radical (unpaired) electrons. The van der Waals surface area contributed by atoms with E-state index in [2.05, 4.69) is 22.4 Å². The molecule has 0 aliphatic rings. The molecule has 1 aromatic heterocycles. The molecule has 0 bridgehead atoms. The summed E-state index contributed by atoms with van der Waals surface area (Å²) in [5.41, 5.74) is 2.21. The topological polar surface area (TPSA) is 45.1 Å². The second kappa shape index (κ2) is 8.00. The minimum atomic E-state index is 0.207. The lowest BCUT2D eigenvalue weighted by Gasteiger charge is -2.19. The summed E-state index contributed by atoms with van der Waals surface area (Å²) in [6.07, 6.45) is 3.35. The molecule has 1 atom stereocenters. The lowest BCUT2D eigenvalue weighted by molar-refractivity contribution is 0.275. The van der Waals surface area contributed by atoms with E-state index in [9.17, 15) is 0 Å². The molecule has 1 heterocycles. The van der Waals surface area contributed by atoms with Crippen LogP contribution in [-0.4, -0.2) is 16.7 Å². The molecule has 0 aliphatic heterocycles. The molecule has 2 aromatic rings. The molecule has 2 N–H and O–H groups in total. The molecule has 0 amide bonds. The first-order chi connectivity index (χ1) is 9.81. The Labute approximate surface area is 124 Å². The Morgan fingerprint density at radius 3 is 2.65 bits per heavy atom. The Hall–Kier alpha value is -1.42. The summed E-state index contributed by atoms with van der Waals surface area (Å²) in [6, 6.07) is 14.3. The van der Waals surface area contributed by atoms with Crippen LogP contribution in [-0.2, 0) is 6.54 Å². The van der Waals surface area contributed by atoms with Crippen LogP contribution in [0, 0.1) is 0 Å². The van der Waals surface area contributed by atoms with Crippen LogP contribution in [0.15, 0.2) is 48.7 Å². The van der Waals surface area contributed by atoms with Crippen LogP contribution in [0.2, 0.25) is 5.15 Å². The molecule has 0 spiro atoms. The smallest absolute Gasteiger partial charge is 0.133 e.